The molecule has 0 unspecified atom stereocenters. The largest absolute Gasteiger partial charge is 0.493 e. The number of nitrogens with zero attached hydrogens (tertiary/aromatic N) is 1. The number of ether oxygens (including phenoxy) is 1. The van der Waals surface area contributed by atoms with Crippen molar-refractivity contribution >= 4 is 17.4 Å². The second-order valence-corrected chi connectivity index (χ2v) is 5.23. The van der Waals surface area contributed by atoms with Gasteiger partial charge in [0.2, 0.25) is 0 Å². The number of halogens is 1. The van der Waals surface area contributed by atoms with Gasteiger partial charge in [-0.05, 0) is 29.7 Å². The van der Waals surface area contributed by atoms with Gasteiger partial charge in [0.05, 0.1) is 11.6 Å². The van der Waals surface area contributed by atoms with Gasteiger partial charge in [-0.15, -0.1) is 0 Å². The van der Waals surface area contributed by atoms with Crippen molar-refractivity contribution in [3.63, 3.8) is 0 Å². The average molecular weight is 288 g/mol. The second kappa shape index (κ2) is 5.63. The van der Waals surface area contributed by atoms with Gasteiger partial charge in [-0.1, -0.05) is 23.7 Å². The number of aromatic nitrogens is 1. The Bertz CT molecular complexity index is 655. The van der Waals surface area contributed by atoms with Gasteiger partial charge >= 0.3 is 0 Å². The molecular weight excluding hydrogens is 274 g/mol. The first-order chi connectivity index (χ1) is 9.74. The predicted molar refractivity (Wildman–Crippen MR) is 77.5 cm³/mol. The van der Waals surface area contributed by atoms with Crippen molar-refractivity contribution in [2.45, 2.75) is 19.3 Å². The Morgan fingerprint density at radius 1 is 1.35 bits per heavy atom. The van der Waals surface area contributed by atoms with Crippen LogP contribution in [-0.4, -0.2) is 17.4 Å². The number of fused-ring (bicyclic) bond motifs is 1. The van der Waals surface area contributed by atoms with E-state index < -0.39 is 0 Å². The first kappa shape index (κ1) is 13.1. The SMILES string of the molecule is O=C(CCc1ccc2c(c1)CCO2)c1ccncc1Cl. The van der Waals surface area contributed by atoms with Crippen LogP contribution in [0.3, 0.4) is 0 Å². The highest BCUT2D eigenvalue weighted by molar-refractivity contribution is 6.33. The van der Waals surface area contributed by atoms with Crippen LogP contribution in [0.4, 0.5) is 0 Å². The normalized spacial score (nSPS) is 12.8. The van der Waals surface area contributed by atoms with Crippen LogP contribution in [0.25, 0.3) is 0 Å². The number of benzene rings is 1. The molecule has 0 spiro atoms. The summed E-state index contributed by atoms with van der Waals surface area (Å²) in [5.74, 6) is 1.02. The molecule has 0 N–H and O–H groups in total. The maximum atomic E-state index is 12.1. The lowest BCUT2D eigenvalue weighted by molar-refractivity contribution is 0.0983. The van der Waals surface area contributed by atoms with Gasteiger partial charge in [-0.25, -0.2) is 0 Å². The summed E-state index contributed by atoms with van der Waals surface area (Å²) >= 11 is 5.98. The van der Waals surface area contributed by atoms with Crippen molar-refractivity contribution in [1.82, 2.24) is 4.98 Å². The molecule has 3 nitrogen and oxygen atoms in total. The summed E-state index contributed by atoms with van der Waals surface area (Å²) < 4.78 is 5.47. The number of rotatable bonds is 4. The zero-order chi connectivity index (χ0) is 13.9. The minimum Gasteiger partial charge on any atom is -0.493 e. The Morgan fingerprint density at radius 2 is 2.25 bits per heavy atom. The molecule has 1 aromatic heterocycles. The van der Waals surface area contributed by atoms with Crippen LogP contribution in [0.1, 0.15) is 27.9 Å². The summed E-state index contributed by atoms with van der Waals surface area (Å²) in [6.07, 6.45) is 5.20. The van der Waals surface area contributed by atoms with E-state index in [1.807, 2.05) is 12.1 Å². The Morgan fingerprint density at radius 3 is 3.10 bits per heavy atom. The number of hydrogen-bond donors (Lipinski definition) is 0. The van der Waals surface area contributed by atoms with Crippen molar-refractivity contribution in [3.05, 3.63) is 58.4 Å². The number of aryl methyl sites for hydroxylation is 1. The van der Waals surface area contributed by atoms with E-state index in [1.165, 1.54) is 11.8 Å². The minimum atomic E-state index is 0.0501. The van der Waals surface area contributed by atoms with E-state index in [0.717, 1.165) is 24.3 Å². The fourth-order valence-electron chi connectivity index (χ4n) is 2.39. The zero-order valence-electron chi connectivity index (χ0n) is 10.9. The molecule has 20 heavy (non-hydrogen) atoms. The van der Waals surface area contributed by atoms with Gasteiger partial charge in [-0.2, -0.15) is 0 Å². The molecule has 0 aliphatic carbocycles. The Labute approximate surface area is 122 Å². The molecule has 2 heterocycles. The predicted octanol–water partition coefficient (Wildman–Crippen LogP) is 3.49. The summed E-state index contributed by atoms with van der Waals surface area (Å²) in [6, 6.07) is 7.80. The minimum absolute atomic E-state index is 0.0501. The molecule has 0 fully saturated rings. The Hall–Kier alpha value is -1.87. The number of pyridine rings is 1. The highest BCUT2D eigenvalue weighted by atomic mass is 35.5. The highest BCUT2D eigenvalue weighted by Gasteiger charge is 2.14. The third-order valence-electron chi connectivity index (χ3n) is 3.47. The van der Waals surface area contributed by atoms with E-state index in [9.17, 15) is 4.79 Å². The van der Waals surface area contributed by atoms with Crippen LogP contribution >= 0.6 is 11.6 Å². The molecule has 0 amide bonds. The zero-order valence-corrected chi connectivity index (χ0v) is 11.7. The standard InChI is InChI=1S/C16H14ClNO2/c17-14-10-18-7-5-13(14)15(19)3-1-11-2-4-16-12(9-11)6-8-20-16/h2,4-5,7,9-10H,1,3,6,8H2. The van der Waals surface area contributed by atoms with Crippen LogP contribution in [0.5, 0.6) is 5.75 Å². The van der Waals surface area contributed by atoms with Crippen molar-refractivity contribution < 1.29 is 9.53 Å². The first-order valence-electron chi connectivity index (χ1n) is 6.61. The number of carbonyl (C=O) groups is 1. The molecule has 0 atom stereocenters. The van der Waals surface area contributed by atoms with Crippen molar-refractivity contribution in [1.29, 1.82) is 0 Å². The lowest BCUT2D eigenvalue weighted by atomic mass is 10.0. The summed E-state index contributed by atoms with van der Waals surface area (Å²) in [4.78, 5) is 16.0. The van der Waals surface area contributed by atoms with Crippen molar-refractivity contribution in [2.75, 3.05) is 6.61 Å². The van der Waals surface area contributed by atoms with E-state index >= 15 is 0 Å². The van der Waals surface area contributed by atoms with Gasteiger partial charge in [-0.3, -0.25) is 9.78 Å². The second-order valence-electron chi connectivity index (χ2n) is 4.82. The number of hydrogen-bond acceptors (Lipinski definition) is 3. The maximum absolute atomic E-state index is 12.1. The quantitative estimate of drug-likeness (QED) is 0.808. The number of carbonyl (C=O) groups excluding carboxylic acids is 1. The van der Waals surface area contributed by atoms with Crippen molar-refractivity contribution in [2.24, 2.45) is 0 Å². The van der Waals surface area contributed by atoms with Crippen molar-refractivity contribution in [3.8, 4) is 5.75 Å². The number of Topliss-reactive ketones (excluding diaryl/α,β-unsaturated/α-hetero) is 1. The van der Waals surface area contributed by atoms with Gasteiger partial charge in [0.1, 0.15) is 5.75 Å². The fraction of sp³-hybridized carbons (Fsp3) is 0.250. The van der Waals surface area contributed by atoms with E-state index in [2.05, 4.69) is 11.1 Å². The lowest BCUT2D eigenvalue weighted by Crippen LogP contribution is -2.02. The van der Waals surface area contributed by atoms with Crippen LogP contribution in [0.2, 0.25) is 5.02 Å². The van der Waals surface area contributed by atoms with Gasteiger partial charge in [0, 0.05) is 30.8 Å². The topological polar surface area (TPSA) is 39.2 Å². The van der Waals surface area contributed by atoms with Crippen LogP contribution in [0.15, 0.2) is 36.7 Å². The third-order valence-corrected chi connectivity index (χ3v) is 3.77. The molecule has 4 heteroatoms. The molecule has 1 aliphatic rings. The molecule has 1 aliphatic heterocycles. The molecule has 0 saturated carbocycles. The summed E-state index contributed by atoms with van der Waals surface area (Å²) in [7, 11) is 0. The molecule has 1 aromatic carbocycles. The van der Waals surface area contributed by atoms with Crippen LogP contribution in [0, 0.1) is 0 Å². The van der Waals surface area contributed by atoms with E-state index in [0.29, 0.717) is 23.4 Å². The first-order valence-corrected chi connectivity index (χ1v) is 6.99. The van der Waals surface area contributed by atoms with Gasteiger partial charge < -0.3 is 4.74 Å². The molecule has 0 bridgehead atoms. The summed E-state index contributed by atoms with van der Waals surface area (Å²) in [5, 5.41) is 0.417. The monoisotopic (exact) mass is 287 g/mol. The van der Waals surface area contributed by atoms with E-state index in [1.54, 1.807) is 12.3 Å². The molecule has 102 valence electrons. The number of ketones is 1. The molecule has 0 saturated heterocycles. The maximum Gasteiger partial charge on any atom is 0.164 e. The highest BCUT2D eigenvalue weighted by Crippen LogP contribution is 2.26. The molecular formula is C16H14ClNO2. The van der Waals surface area contributed by atoms with Gasteiger partial charge in [0.25, 0.3) is 0 Å². The van der Waals surface area contributed by atoms with Crippen LogP contribution < -0.4 is 4.74 Å². The summed E-state index contributed by atoms with van der Waals surface area (Å²) in [5.41, 5.74) is 2.94. The molecule has 0 radical (unpaired) electrons. The van der Waals surface area contributed by atoms with Crippen LogP contribution in [-0.2, 0) is 12.8 Å². The Balaban J connectivity index is 1.68. The smallest absolute Gasteiger partial charge is 0.164 e. The molecule has 3 rings (SSSR count). The average Bonchev–Trinajstić information content (AvgIpc) is 2.92. The van der Waals surface area contributed by atoms with E-state index in [-0.39, 0.29) is 5.78 Å². The van der Waals surface area contributed by atoms with Gasteiger partial charge in [0.15, 0.2) is 5.78 Å². The Kier molecular flexibility index (Phi) is 3.70. The fourth-order valence-corrected chi connectivity index (χ4v) is 2.61. The van der Waals surface area contributed by atoms with E-state index in [4.69, 9.17) is 16.3 Å². The lowest BCUT2D eigenvalue weighted by Gasteiger charge is -2.05. The summed E-state index contributed by atoms with van der Waals surface area (Å²) in [6.45, 7) is 0.754. The molecule has 2 aromatic rings. The third kappa shape index (κ3) is 2.68.